The first kappa shape index (κ1) is 16.7. The molecule has 0 amide bonds. The molecule has 0 radical (unpaired) electrons. The predicted molar refractivity (Wildman–Crippen MR) is 108 cm³/mol. The monoisotopic (exact) mass is 407 g/mol. The Morgan fingerprint density at radius 1 is 1.03 bits per heavy atom. The van der Waals surface area contributed by atoms with Gasteiger partial charge in [-0.05, 0) is 35.6 Å². The third kappa shape index (κ3) is 2.49. The van der Waals surface area contributed by atoms with Gasteiger partial charge in [0.05, 0.1) is 5.56 Å². The molecule has 3 aliphatic rings. The molecule has 0 saturated heterocycles. The molecule has 3 N–H and O–H groups in total. The number of H-pyrrole nitrogens is 2. The number of carbonyl (C=O) groups excluding carboxylic acids is 1. The molecule has 29 heavy (non-hydrogen) atoms. The van der Waals surface area contributed by atoms with Gasteiger partial charge in [-0.2, -0.15) is 0 Å². The highest BCUT2D eigenvalue weighted by Crippen LogP contribution is 2.48. The Kier molecular flexibility index (Phi) is 3.52. The van der Waals surface area contributed by atoms with Gasteiger partial charge in [0.2, 0.25) is 6.79 Å². The van der Waals surface area contributed by atoms with Crippen LogP contribution in [0, 0.1) is 0 Å². The third-order valence-corrected chi connectivity index (χ3v) is 6.89. The van der Waals surface area contributed by atoms with Crippen LogP contribution in [0.1, 0.15) is 40.7 Å². The van der Waals surface area contributed by atoms with Crippen LogP contribution in [0.15, 0.2) is 51.8 Å². The molecule has 6 rings (SSSR count). The van der Waals surface area contributed by atoms with Crippen molar-refractivity contribution in [3.05, 3.63) is 73.3 Å². The van der Waals surface area contributed by atoms with Gasteiger partial charge in [-0.3, -0.25) is 19.8 Å². The van der Waals surface area contributed by atoms with Gasteiger partial charge in [-0.15, -0.1) is 11.3 Å². The van der Waals surface area contributed by atoms with E-state index in [1.54, 1.807) is 11.3 Å². The third-order valence-electron chi connectivity index (χ3n) is 5.85. The van der Waals surface area contributed by atoms with Gasteiger partial charge in [0.25, 0.3) is 5.56 Å². The second-order valence-corrected chi connectivity index (χ2v) is 8.45. The lowest BCUT2D eigenvalue weighted by Crippen LogP contribution is -2.31. The standard InChI is InChI=1S/C21H17N3O4S/c25-13-7-11(16-2-1-5-29-16)6-12-18(13)17(19-20(22-12)23-24-21(19)26)10-3-4-14-15(8-10)28-9-27-14/h1-5,8,11,17H,6-7,9H2,(H3,22,23,24,26)/t11-,17-/m0/s1. The predicted octanol–water partition coefficient (Wildman–Crippen LogP) is 3.45. The highest BCUT2D eigenvalue weighted by Gasteiger charge is 2.41. The first-order valence-corrected chi connectivity index (χ1v) is 10.3. The van der Waals surface area contributed by atoms with E-state index in [-0.39, 0.29) is 24.1 Å². The number of allylic oxidation sites excluding steroid dienone is 2. The van der Waals surface area contributed by atoms with Crippen LogP contribution in [-0.2, 0) is 4.79 Å². The second kappa shape index (κ2) is 6.12. The molecule has 0 fully saturated rings. The minimum absolute atomic E-state index is 0.0751. The summed E-state index contributed by atoms with van der Waals surface area (Å²) in [6, 6.07) is 9.71. The van der Waals surface area contributed by atoms with E-state index in [0.29, 0.717) is 34.9 Å². The van der Waals surface area contributed by atoms with Gasteiger partial charge in [-0.25, -0.2) is 0 Å². The van der Waals surface area contributed by atoms with E-state index in [4.69, 9.17) is 9.47 Å². The van der Waals surface area contributed by atoms with E-state index in [0.717, 1.165) is 17.7 Å². The topological polar surface area (TPSA) is 96.2 Å². The maximum absolute atomic E-state index is 13.3. The van der Waals surface area contributed by atoms with Crippen molar-refractivity contribution in [3.63, 3.8) is 0 Å². The lowest BCUT2D eigenvalue weighted by molar-refractivity contribution is -0.116. The van der Waals surface area contributed by atoms with Gasteiger partial charge in [0.1, 0.15) is 5.82 Å². The van der Waals surface area contributed by atoms with Gasteiger partial charge in [-0.1, -0.05) is 12.1 Å². The van der Waals surface area contributed by atoms with Crippen molar-refractivity contribution in [1.29, 1.82) is 0 Å². The van der Waals surface area contributed by atoms with Crippen LogP contribution in [0.3, 0.4) is 0 Å². The van der Waals surface area contributed by atoms with Gasteiger partial charge in [0.15, 0.2) is 17.3 Å². The highest BCUT2D eigenvalue weighted by atomic mass is 32.1. The molecule has 146 valence electrons. The SMILES string of the molecule is O=C1C[C@@H](c2cccs2)CC2=C1[C@H](c1ccc3c(c1)OCO3)c1c([nH][nH]c1=O)N2. The number of Topliss-reactive ketones (excluding diaryl/α,β-unsaturated/α-hetero) is 1. The summed E-state index contributed by atoms with van der Waals surface area (Å²) in [6.45, 7) is 0.177. The Morgan fingerprint density at radius 3 is 2.79 bits per heavy atom. The normalized spacial score (nSPS) is 22.3. The second-order valence-electron chi connectivity index (χ2n) is 7.47. The number of anilines is 1. The average molecular weight is 407 g/mol. The Morgan fingerprint density at radius 2 is 1.93 bits per heavy atom. The molecule has 2 atom stereocenters. The molecule has 1 aliphatic carbocycles. The molecule has 0 unspecified atom stereocenters. The van der Waals surface area contributed by atoms with E-state index >= 15 is 0 Å². The Balaban J connectivity index is 1.50. The fourth-order valence-corrected chi connectivity index (χ4v) is 5.40. The van der Waals surface area contributed by atoms with Crippen molar-refractivity contribution in [2.24, 2.45) is 0 Å². The van der Waals surface area contributed by atoms with Gasteiger partial charge in [0, 0.05) is 34.4 Å². The molecule has 4 heterocycles. The minimum atomic E-state index is -0.442. The summed E-state index contributed by atoms with van der Waals surface area (Å²) in [6.07, 6.45) is 1.18. The summed E-state index contributed by atoms with van der Waals surface area (Å²) in [5, 5.41) is 10.9. The number of ketones is 1. The molecule has 0 saturated carbocycles. The Bertz CT molecular complexity index is 1220. The molecule has 7 nitrogen and oxygen atoms in total. The number of nitrogens with one attached hydrogen (secondary N) is 3. The average Bonchev–Trinajstić information content (AvgIpc) is 3.47. The fraction of sp³-hybridized carbons (Fsp3) is 0.238. The summed E-state index contributed by atoms with van der Waals surface area (Å²) >= 11 is 1.67. The van der Waals surface area contributed by atoms with Crippen LogP contribution >= 0.6 is 11.3 Å². The summed E-state index contributed by atoms with van der Waals surface area (Å²) in [5.41, 5.74) is 2.71. The van der Waals surface area contributed by atoms with Crippen LogP contribution in [0.25, 0.3) is 0 Å². The molecule has 1 aromatic carbocycles. The van der Waals surface area contributed by atoms with E-state index in [1.165, 1.54) is 4.88 Å². The summed E-state index contributed by atoms with van der Waals surface area (Å²) in [4.78, 5) is 27.1. The van der Waals surface area contributed by atoms with Crippen molar-refractivity contribution in [1.82, 2.24) is 10.2 Å². The number of benzene rings is 1. The molecular weight excluding hydrogens is 390 g/mol. The van der Waals surface area contributed by atoms with Crippen LogP contribution in [0.4, 0.5) is 5.82 Å². The lowest BCUT2D eigenvalue weighted by Gasteiger charge is -2.34. The number of rotatable bonds is 2. The number of aromatic amines is 2. The van der Waals surface area contributed by atoms with Gasteiger partial charge < -0.3 is 14.8 Å². The maximum Gasteiger partial charge on any atom is 0.270 e. The van der Waals surface area contributed by atoms with E-state index in [2.05, 4.69) is 21.6 Å². The smallest absolute Gasteiger partial charge is 0.270 e. The maximum atomic E-state index is 13.3. The summed E-state index contributed by atoms with van der Waals surface area (Å²) in [5.74, 6) is 1.72. The van der Waals surface area contributed by atoms with Gasteiger partial charge >= 0.3 is 0 Å². The molecule has 0 bridgehead atoms. The largest absolute Gasteiger partial charge is 0.454 e. The molecule has 3 aromatic rings. The quantitative estimate of drug-likeness (QED) is 0.605. The fourth-order valence-electron chi connectivity index (χ4n) is 4.57. The van der Waals surface area contributed by atoms with Crippen LogP contribution in [0.5, 0.6) is 11.5 Å². The molecule has 8 heteroatoms. The van der Waals surface area contributed by atoms with E-state index in [9.17, 15) is 9.59 Å². The number of thiophene rings is 1. The first-order valence-electron chi connectivity index (χ1n) is 9.46. The first-order chi connectivity index (χ1) is 14.2. The highest BCUT2D eigenvalue weighted by molar-refractivity contribution is 7.10. The zero-order chi connectivity index (χ0) is 19.5. The van der Waals surface area contributed by atoms with Crippen LogP contribution < -0.4 is 20.3 Å². The Labute approximate surface area is 169 Å². The lowest BCUT2D eigenvalue weighted by atomic mass is 9.74. The van der Waals surface area contributed by atoms with E-state index < -0.39 is 5.92 Å². The van der Waals surface area contributed by atoms with Crippen LogP contribution in [-0.4, -0.2) is 22.8 Å². The number of hydrogen-bond acceptors (Lipinski definition) is 6. The van der Waals surface area contributed by atoms with Crippen molar-refractivity contribution in [3.8, 4) is 11.5 Å². The van der Waals surface area contributed by atoms with Crippen molar-refractivity contribution in [2.45, 2.75) is 24.7 Å². The van der Waals surface area contributed by atoms with Crippen molar-refractivity contribution in [2.75, 3.05) is 12.1 Å². The van der Waals surface area contributed by atoms with E-state index in [1.807, 2.05) is 29.6 Å². The summed E-state index contributed by atoms with van der Waals surface area (Å²) < 4.78 is 10.9. The molecule has 0 spiro atoms. The Hall–Kier alpha value is -3.26. The number of hydrogen-bond donors (Lipinski definition) is 3. The summed E-state index contributed by atoms with van der Waals surface area (Å²) in [7, 11) is 0. The minimum Gasteiger partial charge on any atom is -0.454 e. The van der Waals surface area contributed by atoms with Crippen molar-refractivity contribution >= 4 is 22.9 Å². The molecule has 2 aliphatic heterocycles. The zero-order valence-electron chi connectivity index (χ0n) is 15.3. The zero-order valence-corrected chi connectivity index (χ0v) is 16.1. The number of aromatic nitrogens is 2. The van der Waals surface area contributed by atoms with Crippen LogP contribution in [0.2, 0.25) is 0 Å². The van der Waals surface area contributed by atoms with Crippen molar-refractivity contribution < 1.29 is 14.3 Å². The number of carbonyl (C=O) groups is 1. The molecule has 2 aromatic heterocycles. The number of ether oxygens (including phenoxy) is 2. The number of fused-ring (bicyclic) bond motifs is 2. The molecular formula is C21H17N3O4S.